The van der Waals surface area contributed by atoms with E-state index in [0.717, 1.165) is 25.0 Å². The third-order valence-electron chi connectivity index (χ3n) is 8.90. The first-order valence-electron chi connectivity index (χ1n) is 18.6. The predicted molar refractivity (Wildman–Crippen MR) is 197 cm³/mol. The Bertz CT molecular complexity index is 1520. The number of unbranched alkanes of at least 4 members (excludes halogenated alkanes) is 1. The number of rotatable bonds is 26. The molecule has 0 spiro atoms. The van der Waals surface area contributed by atoms with Crippen LogP contribution in [0.25, 0.3) is 0 Å². The molecular formula is C35H50N6O14S. The number of thioether (sulfide) groups is 1. The lowest BCUT2D eigenvalue weighted by Crippen LogP contribution is -2.36. The van der Waals surface area contributed by atoms with Crippen LogP contribution in [0.5, 0.6) is 0 Å². The lowest BCUT2D eigenvalue weighted by atomic mass is 10.0. The molecule has 0 saturated carbocycles. The maximum Gasteiger partial charge on any atom is 0.534 e. The second kappa shape index (κ2) is 23.5. The van der Waals surface area contributed by atoms with Gasteiger partial charge in [0.15, 0.2) is 0 Å². The number of nitrogens with zero attached hydrogens (tertiary/aromatic N) is 2. The zero-order valence-corrected chi connectivity index (χ0v) is 32.1. The molecule has 3 saturated heterocycles. The van der Waals surface area contributed by atoms with Gasteiger partial charge in [-0.15, -0.1) is 0 Å². The molecule has 21 heteroatoms. The van der Waals surface area contributed by atoms with Gasteiger partial charge >= 0.3 is 12.2 Å². The van der Waals surface area contributed by atoms with E-state index in [1.54, 1.807) is 0 Å². The average Bonchev–Trinajstić information content (AvgIpc) is 3.83. The summed E-state index contributed by atoms with van der Waals surface area (Å²) in [6, 6.07) is 4.40. The summed E-state index contributed by atoms with van der Waals surface area (Å²) in [4.78, 5) is 86.9. The molecule has 1 aromatic carbocycles. The van der Waals surface area contributed by atoms with Gasteiger partial charge in [-0.2, -0.15) is 11.8 Å². The molecule has 4 atom stereocenters. The molecule has 2 unspecified atom stereocenters. The Kier molecular flexibility index (Phi) is 18.5. The van der Waals surface area contributed by atoms with Crippen LogP contribution in [0.4, 0.5) is 15.3 Å². The van der Waals surface area contributed by atoms with Gasteiger partial charge in [0.25, 0.3) is 17.5 Å². The molecule has 56 heavy (non-hydrogen) atoms. The van der Waals surface area contributed by atoms with Crippen molar-refractivity contribution in [3.05, 3.63) is 39.4 Å². The highest BCUT2D eigenvalue weighted by Crippen LogP contribution is 2.33. The number of imide groups is 1. The van der Waals surface area contributed by atoms with Crippen LogP contribution in [0, 0.1) is 10.1 Å². The highest BCUT2D eigenvalue weighted by Gasteiger charge is 2.42. The van der Waals surface area contributed by atoms with Crippen LogP contribution >= 0.6 is 11.8 Å². The van der Waals surface area contributed by atoms with Crippen LogP contribution in [0.2, 0.25) is 0 Å². The smallest absolute Gasteiger partial charge is 0.425 e. The second-order valence-electron chi connectivity index (χ2n) is 13.0. The minimum Gasteiger partial charge on any atom is -0.425 e. The van der Waals surface area contributed by atoms with Gasteiger partial charge in [-0.1, -0.05) is 17.6 Å². The zero-order chi connectivity index (χ0) is 40.3. The van der Waals surface area contributed by atoms with Crippen LogP contribution in [0.1, 0.15) is 69.1 Å². The molecule has 0 aromatic heterocycles. The minimum atomic E-state index is -1.37. The van der Waals surface area contributed by atoms with E-state index in [1.165, 1.54) is 25.1 Å². The van der Waals surface area contributed by atoms with E-state index < -0.39 is 29.0 Å². The Morgan fingerprint density at radius 1 is 0.893 bits per heavy atom. The van der Waals surface area contributed by atoms with Crippen LogP contribution in [-0.2, 0) is 54.2 Å². The molecule has 4 N–H and O–H groups in total. The minimum absolute atomic E-state index is 0.00105. The van der Waals surface area contributed by atoms with Crippen LogP contribution < -0.4 is 21.3 Å². The first-order valence-corrected chi connectivity index (χ1v) is 19.6. The number of ether oxygens (including phenoxy) is 5. The largest absolute Gasteiger partial charge is 0.534 e. The Balaban J connectivity index is 0.936. The van der Waals surface area contributed by atoms with E-state index in [0.29, 0.717) is 68.5 Å². The van der Waals surface area contributed by atoms with Crippen molar-refractivity contribution in [2.45, 2.75) is 81.9 Å². The topological polar surface area (TPSA) is 252 Å². The summed E-state index contributed by atoms with van der Waals surface area (Å²) >= 11 is 1.88. The number of nitrogens with one attached hydrogen (secondary N) is 4. The van der Waals surface area contributed by atoms with Gasteiger partial charge in [0.05, 0.1) is 75.4 Å². The highest BCUT2D eigenvalue weighted by molar-refractivity contribution is 8.00. The number of carbonyl (C=O) groups excluding carboxylic acids is 6. The maximum atomic E-state index is 12.3. The summed E-state index contributed by atoms with van der Waals surface area (Å²) in [5.74, 6) is -0.786. The van der Waals surface area contributed by atoms with E-state index in [1.807, 2.05) is 11.8 Å². The zero-order valence-electron chi connectivity index (χ0n) is 31.3. The van der Waals surface area contributed by atoms with Crippen molar-refractivity contribution in [2.75, 3.05) is 65.2 Å². The molecule has 3 heterocycles. The molecular weight excluding hydrogens is 760 g/mol. The van der Waals surface area contributed by atoms with Crippen molar-refractivity contribution in [1.82, 2.24) is 26.3 Å². The molecule has 3 aliphatic heterocycles. The number of nitro groups is 1. The summed E-state index contributed by atoms with van der Waals surface area (Å²) in [7, 11) is 0. The number of urea groups is 1. The maximum absolute atomic E-state index is 12.3. The quantitative estimate of drug-likeness (QED) is 0.0260. The van der Waals surface area contributed by atoms with Gasteiger partial charge in [0.1, 0.15) is 6.10 Å². The summed E-state index contributed by atoms with van der Waals surface area (Å²) in [5, 5.41) is 23.8. The van der Waals surface area contributed by atoms with Crippen LogP contribution in [-0.4, -0.2) is 128 Å². The Labute approximate surface area is 327 Å². The molecule has 20 nitrogen and oxygen atoms in total. The molecule has 0 aliphatic carbocycles. The number of fused-ring (bicyclic) bond motifs is 1. The Hall–Kier alpha value is -4.57. The van der Waals surface area contributed by atoms with Gasteiger partial charge in [-0.05, 0) is 31.4 Å². The van der Waals surface area contributed by atoms with Gasteiger partial charge < -0.3 is 45.0 Å². The molecule has 4 rings (SSSR count). The molecule has 310 valence electrons. The monoisotopic (exact) mass is 810 g/mol. The summed E-state index contributed by atoms with van der Waals surface area (Å²) in [6.07, 6.45) is 0.489. The van der Waals surface area contributed by atoms with Crippen molar-refractivity contribution in [1.29, 1.82) is 0 Å². The average molecular weight is 811 g/mol. The number of nitro benzene ring substituents is 1. The van der Waals surface area contributed by atoms with E-state index in [4.69, 9.17) is 23.7 Å². The van der Waals surface area contributed by atoms with Crippen molar-refractivity contribution >= 4 is 53.3 Å². The van der Waals surface area contributed by atoms with E-state index in [9.17, 15) is 38.9 Å². The number of amides is 6. The van der Waals surface area contributed by atoms with Crippen LogP contribution in [0.15, 0.2) is 18.2 Å². The third-order valence-corrected chi connectivity index (χ3v) is 10.4. The lowest BCUT2D eigenvalue weighted by Gasteiger charge is -2.17. The van der Waals surface area contributed by atoms with Gasteiger partial charge in [0, 0.05) is 55.8 Å². The van der Waals surface area contributed by atoms with Crippen molar-refractivity contribution in [2.24, 2.45) is 0 Å². The fourth-order valence-corrected chi connectivity index (χ4v) is 7.55. The first-order chi connectivity index (χ1) is 27.0. The van der Waals surface area contributed by atoms with E-state index in [-0.39, 0.29) is 80.2 Å². The van der Waals surface area contributed by atoms with E-state index in [2.05, 4.69) is 26.1 Å². The number of hydroxylamine groups is 2. The van der Waals surface area contributed by atoms with E-state index >= 15 is 0 Å². The SMILES string of the molecule is CC(OC(=O)ON1C(=O)CCC1=O)c1cc(CNC(=O)CCOCCOCCOCCOCCNC(=O)CCCCC2SC[C@@H]3NC(=O)N[C@H]23)ccc1[N+](=O)[O-]. The molecule has 1 aromatic rings. The van der Waals surface area contributed by atoms with Crippen molar-refractivity contribution in [3.8, 4) is 0 Å². The van der Waals surface area contributed by atoms with Crippen molar-refractivity contribution < 1.29 is 62.2 Å². The molecule has 0 bridgehead atoms. The summed E-state index contributed by atoms with van der Waals surface area (Å²) in [6.45, 7) is 4.42. The normalized spacial score (nSPS) is 19.3. The fourth-order valence-electron chi connectivity index (χ4n) is 6.01. The fraction of sp³-hybridized carbons (Fsp3) is 0.657. The lowest BCUT2D eigenvalue weighted by molar-refractivity contribution is -0.386. The number of hydrogen-bond acceptors (Lipinski definition) is 15. The standard InChI is InChI=1S/C35H50N6O14S/c1-23(54-35(47)55-40-31(44)8-9-32(40)45)25-20-24(6-7-27(25)41(48)49)21-37-30(43)10-12-50-14-16-52-18-19-53-17-15-51-13-11-36-29(42)5-3-2-4-28-33-26(22-56-28)38-34(46)39-33/h6-7,20,23,26,28,33H,2-5,8-19,21-22H2,1H3,(H,36,42)(H,37,43)(H2,38,39,46)/t23?,26-,28?,33-/m0/s1. The molecule has 3 aliphatic rings. The number of carbonyl (C=O) groups is 6. The second-order valence-corrected chi connectivity index (χ2v) is 14.3. The Morgan fingerprint density at radius 2 is 1.54 bits per heavy atom. The predicted octanol–water partition coefficient (Wildman–Crippen LogP) is 1.79. The summed E-state index contributed by atoms with van der Waals surface area (Å²) < 4.78 is 26.9. The Morgan fingerprint density at radius 3 is 2.21 bits per heavy atom. The molecule has 6 amide bonds. The van der Waals surface area contributed by atoms with Gasteiger partial charge in [-0.25, -0.2) is 9.59 Å². The third kappa shape index (κ3) is 14.8. The first kappa shape index (κ1) is 44.1. The highest BCUT2D eigenvalue weighted by atomic mass is 32.2. The number of benzene rings is 1. The molecule has 0 radical (unpaired) electrons. The van der Waals surface area contributed by atoms with Crippen molar-refractivity contribution in [3.63, 3.8) is 0 Å². The van der Waals surface area contributed by atoms with Crippen LogP contribution in [0.3, 0.4) is 0 Å². The summed E-state index contributed by atoms with van der Waals surface area (Å²) in [5.41, 5.74) is 0.180. The van der Waals surface area contributed by atoms with Gasteiger partial charge in [0.2, 0.25) is 11.8 Å². The molecule has 3 fully saturated rings. The van der Waals surface area contributed by atoms with Gasteiger partial charge in [-0.3, -0.25) is 34.1 Å². The number of hydrogen-bond donors (Lipinski definition) is 4.